The Morgan fingerprint density at radius 2 is 1.79 bits per heavy atom. The molecule has 3 amide bonds. The van der Waals surface area contributed by atoms with Gasteiger partial charge >= 0.3 is 6.03 Å². The highest BCUT2D eigenvalue weighted by atomic mass is 16.2. The zero-order chi connectivity index (χ0) is 27.4. The summed E-state index contributed by atoms with van der Waals surface area (Å²) in [5.41, 5.74) is 2.72. The number of hydrogen-bond donors (Lipinski definition) is 1. The molecule has 2 aromatic carbocycles. The maximum absolute atomic E-state index is 13.3. The smallest absolute Gasteiger partial charge is 0.321 e. The molecule has 6 heteroatoms. The average Bonchev–Trinajstić information content (AvgIpc) is 2.95. The summed E-state index contributed by atoms with van der Waals surface area (Å²) in [6, 6.07) is 14.1. The van der Waals surface area contributed by atoms with Gasteiger partial charge < -0.3 is 15.1 Å². The number of rotatable bonds is 10. The summed E-state index contributed by atoms with van der Waals surface area (Å²) in [7, 11) is 0. The highest BCUT2D eigenvalue weighted by Gasteiger charge is 2.51. The van der Waals surface area contributed by atoms with Gasteiger partial charge in [0.15, 0.2) is 0 Å². The number of piperazine rings is 1. The minimum absolute atomic E-state index is 0.0376. The van der Waals surface area contributed by atoms with Crippen LogP contribution in [0.5, 0.6) is 0 Å². The quantitative estimate of drug-likeness (QED) is 0.286. The number of nitrogens with one attached hydrogen (secondary N) is 1. The number of unbranched alkanes of at least 4 members (excludes halogenated alkanes) is 2. The summed E-state index contributed by atoms with van der Waals surface area (Å²) in [4.78, 5) is 32.8. The minimum Gasteiger partial charge on any atom is -0.337 e. The summed E-state index contributed by atoms with van der Waals surface area (Å²) in [6.07, 6.45) is 8.77. The van der Waals surface area contributed by atoms with Crippen LogP contribution in [0.3, 0.4) is 0 Å². The van der Waals surface area contributed by atoms with E-state index in [0.29, 0.717) is 36.8 Å². The number of amides is 3. The van der Waals surface area contributed by atoms with Crippen molar-refractivity contribution in [3.63, 3.8) is 0 Å². The number of urea groups is 1. The molecule has 1 N–H and O–H groups in total. The Morgan fingerprint density at radius 1 is 1.03 bits per heavy atom. The van der Waals surface area contributed by atoms with Gasteiger partial charge in [0.2, 0.25) is 5.91 Å². The molecule has 1 saturated carbocycles. The Kier molecular flexibility index (Phi) is 8.61. The summed E-state index contributed by atoms with van der Waals surface area (Å²) in [5.74, 6) is 1.75. The first kappa shape index (κ1) is 27.7. The molecule has 2 unspecified atom stereocenters. The Labute approximate surface area is 234 Å². The van der Waals surface area contributed by atoms with Gasteiger partial charge in [0, 0.05) is 57.6 Å². The van der Waals surface area contributed by atoms with Gasteiger partial charge in [0.25, 0.3) is 0 Å². The van der Waals surface area contributed by atoms with E-state index in [4.69, 9.17) is 0 Å². The van der Waals surface area contributed by atoms with Gasteiger partial charge in [0.1, 0.15) is 0 Å². The van der Waals surface area contributed by atoms with Crippen molar-refractivity contribution in [1.29, 1.82) is 0 Å². The summed E-state index contributed by atoms with van der Waals surface area (Å²) in [6.45, 7) is 12.5. The lowest BCUT2D eigenvalue weighted by Crippen LogP contribution is -2.52. The van der Waals surface area contributed by atoms with Crippen molar-refractivity contribution in [2.45, 2.75) is 59.3 Å². The molecule has 6 rings (SSSR count). The van der Waals surface area contributed by atoms with Crippen molar-refractivity contribution in [1.82, 2.24) is 14.7 Å². The van der Waals surface area contributed by atoms with Gasteiger partial charge in [-0.1, -0.05) is 81.7 Å². The van der Waals surface area contributed by atoms with Crippen LogP contribution in [-0.2, 0) is 4.79 Å². The topological polar surface area (TPSA) is 55.9 Å². The summed E-state index contributed by atoms with van der Waals surface area (Å²) in [5, 5.41) is 5.31. The molecule has 0 radical (unpaired) electrons. The number of benzene rings is 2. The monoisotopic (exact) mass is 530 g/mol. The highest BCUT2D eigenvalue weighted by molar-refractivity contribution is 6.01. The molecular weight excluding hydrogens is 484 g/mol. The van der Waals surface area contributed by atoms with E-state index >= 15 is 0 Å². The fourth-order valence-electron chi connectivity index (χ4n) is 6.82. The molecule has 2 fully saturated rings. The number of anilines is 1. The first-order chi connectivity index (χ1) is 18.9. The zero-order valence-electron chi connectivity index (χ0n) is 24.1. The fourth-order valence-corrected chi connectivity index (χ4v) is 6.82. The van der Waals surface area contributed by atoms with E-state index in [9.17, 15) is 9.59 Å². The van der Waals surface area contributed by atoms with Crippen LogP contribution in [0.1, 0.15) is 59.3 Å². The van der Waals surface area contributed by atoms with Crippen LogP contribution in [0.15, 0.2) is 54.1 Å². The largest absolute Gasteiger partial charge is 0.337 e. The molecule has 1 heterocycles. The number of hydrogen-bond acceptors (Lipinski definition) is 3. The third-order valence-corrected chi connectivity index (χ3v) is 9.68. The van der Waals surface area contributed by atoms with E-state index in [0.717, 1.165) is 74.4 Å². The van der Waals surface area contributed by atoms with Crippen LogP contribution in [0.2, 0.25) is 0 Å². The zero-order valence-corrected chi connectivity index (χ0v) is 24.1. The Bertz CT molecular complexity index is 1190. The number of allylic oxidation sites excluding steroid dienone is 1. The molecule has 2 atom stereocenters. The van der Waals surface area contributed by atoms with Crippen LogP contribution in [0, 0.1) is 17.3 Å². The number of carbonyl (C=O) groups excluding carboxylic acids is 2. The Morgan fingerprint density at radius 3 is 2.54 bits per heavy atom. The standard InChI is InChI=1S/C33H46N4O2/c1-4-5-6-14-31(38)37(24-26-15-16-27-23-29(26)33(27,2)3)22-19-35-17-20-36(21-18-35)32(39)34-30-13-9-11-25-10-7-8-12-28(25)30/h7-13,15,27,29H,4-6,14,16-24H2,1-3H3,(H,34,39). The highest BCUT2D eigenvalue weighted by Crippen LogP contribution is 2.59. The molecule has 4 aliphatic rings. The second-order valence-corrected chi connectivity index (χ2v) is 12.4. The normalized spacial score (nSPS) is 22.2. The van der Waals surface area contributed by atoms with E-state index < -0.39 is 0 Å². The maximum Gasteiger partial charge on any atom is 0.321 e. The van der Waals surface area contributed by atoms with Crippen LogP contribution in [-0.4, -0.2) is 72.5 Å². The van der Waals surface area contributed by atoms with Crippen molar-refractivity contribution >= 4 is 28.4 Å². The lowest BCUT2D eigenvalue weighted by atomic mass is 9.49. The molecule has 1 saturated heterocycles. The second kappa shape index (κ2) is 12.1. The molecule has 1 aliphatic heterocycles. The van der Waals surface area contributed by atoms with Gasteiger partial charge in [-0.15, -0.1) is 0 Å². The van der Waals surface area contributed by atoms with E-state index in [1.54, 1.807) is 0 Å². The number of fused-ring (bicyclic) bond motifs is 2. The first-order valence-corrected chi connectivity index (χ1v) is 15.1. The van der Waals surface area contributed by atoms with Gasteiger partial charge in [-0.05, 0) is 48.0 Å². The van der Waals surface area contributed by atoms with E-state index in [2.05, 4.69) is 54.1 Å². The summed E-state index contributed by atoms with van der Waals surface area (Å²) < 4.78 is 0. The predicted molar refractivity (Wildman–Crippen MR) is 160 cm³/mol. The van der Waals surface area contributed by atoms with E-state index in [1.165, 1.54) is 18.4 Å². The molecule has 210 valence electrons. The van der Waals surface area contributed by atoms with Gasteiger partial charge in [-0.3, -0.25) is 9.69 Å². The van der Waals surface area contributed by atoms with E-state index in [-0.39, 0.29) is 6.03 Å². The molecule has 0 aromatic heterocycles. The molecular formula is C33H46N4O2. The minimum atomic E-state index is -0.0376. The van der Waals surface area contributed by atoms with Crippen LogP contribution in [0.4, 0.5) is 10.5 Å². The molecule has 6 nitrogen and oxygen atoms in total. The molecule has 2 aromatic rings. The molecule has 39 heavy (non-hydrogen) atoms. The summed E-state index contributed by atoms with van der Waals surface area (Å²) >= 11 is 0. The van der Waals surface area contributed by atoms with Crippen molar-refractivity contribution in [3.05, 3.63) is 54.1 Å². The van der Waals surface area contributed by atoms with Crippen molar-refractivity contribution < 1.29 is 9.59 Å². The average molecular weight is 531 g/mol. The fraction of sp³-hybridized carbons (Fsp3) is 0.576. The van der Waals surface area contributed by atoms with Crippen LogP contribution >= 0.6 is 0 Å². The Balaban J connectivity index is 1.13. The lowest BCUT2D eigenvalue weighted by molar-refractivity contribution is -0.131. The van der Waals surface area contributed by atoms with E-state index in [1.807, 2.05) is 35.2 Å². The van der Waals surface area contributed by atoms with Gasteiger partial charge in [-0.25, -0.2) is 4.79 Å². The number of carbonyl (C=O) groups is 2. The molecule has 3 aliphatic carbocycles. The van der Waals surface area contributed by atoms with Crippen molar-refractivity contribution in [2.75, 3.05) is 51.1 Å². The molecule has 2 bridgehead atoms. The van der Waals surface area contributed by atoms with Gasteiger partial charge in [0.05, 0.1) is 5.69 Å². The molecule has 0 spiro atoms. The van der Waals surface area contributed by atoms with Gasteiger partial charge in [-0.2, -0.15) is 0 Å². The predicted octanol–water partition coefficient (Wildman–Crippen LogP) is 6.39. The van der Waals surface area contributed by atoms with Crippen molar-refractivity contribution in [3.8, 4) is 0 Å². The maximum atomic E-state index is 13.3. The SMILES string of the molecule is CCCCCC(=O)N(CCN1CCN(C(=O)Nc2cccc3ccccc23)CC1)CC1=CCC2CC1C2(C)C. The first-order valence-electron chi connectivity index (χ1n) is 15.1. The van der Waals surface area contributed by atoms with Crippen molar-refractivity contribution in [2.24, 2.45) is 17.3 Å². The third kappa shape index (κ3) is 6.16. The van der Waals surface area contributed by atoms with Crippen LogP contribution < -0.4 is 5.32 Å². The number of nitrogens with zero attached hydrogens (tertiary/aromatic N) is 3. The van der Waals surface area contributed by atoms with Crippen LogP contribution in [0.25, 0.3) is 10.8 Å². The Hall–Kier alpha value is -2.86. The second-order valence-electron chi connectivity index (χ2n) is 12.4. The lowest BCUT2D eigenvalue weighted by Gasteiger charge is -2.57. The third-order valence-electron chi connectivity index (χ3n) is 9.68.